The van der Waals surface area contributed by atoms with E-state index in [4.69, 9.17) is 5.11 Å². The van der Waals surface area contributed by atoms with Crippen molar-refractivity contribution in [3.05, 3.63) is 34.9 Å². The van der Waals surface area contributed by atoms with Gasteiger partial charge in [0.25, 0.3) is 0 Å². The van der Waals surface area contributed by atoms with Gasteiger partial charge in [0.2, 0.25) is 0 Å². The Hall–Kier alpha value is -0.842. The zero-order chi connectivity index (χ0) is 12.7. The summed E-state index contributed by atoms with van der Waals surface area (Å²) in [6, 6.07) is 2.99. The number of carbonyl (C=O) groups is 1. The van der Waals surface area contributed by atoms with Crippen LogP contribution in [0.2, 0.25) is 0 Å². The number of ketones is 1. The van der Waals surface area contributed by atoms with E-state index in [1.54, 1.807) is 17.5 Å². The molecule has 0 saturated heterocycles. The molecule has 18 heavy (non-hydrogen) atoms. The Morgan fingerprint density at radius 2 is 2.22 bits per heavy atom. The van der Waals surface area contributed by atoms with Crippen molar-refractivity contribution >= 4 is 28.7 Å². The van der Waals surface area contributed by atoms with Crippen molar-refractivity contribution in [3.8, 4) is 10.7 Å². The van der Waals surface area contributed by atoms with Crippen LogP contribution in [0.5, 0.6) is 0 Å². The predicted octanol–water partition coefficient (Wildman–Crippen LogP) is 3.10. The molecule has 0 aliphatic carbocycles. The molecule has 0 aliphatic heterocycles. The number of hydrogen-bond acceptors (Lipinski definition) is 6. The van der Waals surface area contributed by atoms with Gasteiger partial charge in [-0.2, -0.15) is 0 Å². The first kappa shape index (κ1) is 17.2. The van der Waals surface area contributed by atoms with Crippen LogP contribution < -0.4 is 0 Å². The molecule has 7 heteroatoms. The smallest absolute Gasteiger partial charge is 0.155 e. The van der Waals surface area contributed by atoms with Gasteiger partial charge < -0.3 is 10.1 Å². The van der Waals surface area contributed by atoms with Crippen molar-refractivity contribution in [1.29, 1.82) is 0 Å². The normalized spacial score (nSPS) is 10.0. The summed E-state index contributed by atoms with van der Waals surface area (Å²) >= 11 is 2.98. The van der Waals surface area contributed by atoms with Crippen LogP contribution in [0.4, 0.5) is 0 Å². The van der Waals surface area contributed by atoms with E-state index in [1.807, 2.05) is 10.8 Å². The van der Waals surface area contributed by atoms with Crippen molar-refractivity contribution in [2.75, 3.05) is 0 Å². The van der Waals surface area contributed by atoms with Gasteiger partial charge in [-0.05, 0) is 24.2 Å². The molecule has 2 heterocycles. The SMILES string of the molecule is CC(=O)/C=C(/C)O.[Pt].[c-]1csnc1-c1nccs1. The van der Waals surface area contributed by atoms with E-state index in [2.05, 4.69) is 15.4 Å². The van der Waals surface area contributed by atoms with Gasteiger partial charge in [0.05, 0.1) is 5.76 Å². The average Bonchev–Trinajstić information content (AvgIpc) is 2.89. The fraction of sp³-hybridized carbons (Fsp3) is 0.182. The maximum atomic E-state index is 10.0. The van der Waals surface area contributed by atoms with Crippen LogP contribution >= 0.6 is 22.9 Å². The minimum absolute atomic E-state index is 0. The monoisotopic (exact) mass is 462 g/mol. The van der Waals surface area contributed by atoms with E-state index in [-0.39, 0.29) is 32.6 Å². The Labute approximate surface area is 128 Å². The largest absolute Gasteiger partial charge is 0.512 e. The zero-order valence-electron chi connectivity index (χ0n) is 9.69. The number of carbonyl (C=O) groups excluding carboxylic acids is 1. The summed E-state index contributed by atoms with van der Waals surface area (Å²) in [4.78, 5) is 14.1. The third-order valence-corrected chi connectivity index (χ3v) is 2.73. The van der Waals surface area contributed by atoms with E-state index in [1.165, 1.54) is 31.5 Å². The number of aromatic nitrogens is 2. The molecular formula is C11H11N2O2PtS2-. The molecule has 0 atom stereocenters. The number of thiazole rings is 1. The average molecular weight is 462 g/mol. The van der Waals surface area contributed by atoms with Crippen LogP contribution in [0.15, 0.2) is 28.8 Å². The first-order valence-corrected chi connectivity index (χ1v) is 6.41. The Morgan fingerprint density at radius 3 is 2.56 bits per heavy atom. The van der Waals surface area contributed by atoms with Crippen LogP contribution in [0, 0.1) is 6.07 Å². The summed E-state index contributed by atoms with van der Waals surface area (Å²) in [5.74, 6) is -0.0625. The molecule has 0 aliphatic rings. The third kappa shape index (κ3) is 6.79. The number of aliphatic hydroxyl groups is 1. The zero-order valence-corrected chi connectivity index (χ0v) is 13.6. The summed E-state index contributed by atoms with van der Waals surface area (Å²) in [5.41, 5.74) is 0.861. The fourth-order valence-electron chi connectivity index (χ4n) is 0.923. The van der Waals surface area contributed by atoms with Crippen LogP contribution in [0.1, 0.15) is 13.8 Å². The van der Waals surface area contributed by atoms with Gasteiger partial charge in [-0.25, -0.2) is 21.8 Å². The van der Waals surface area contributed by atoms with Crippen LogP contribution in [-0.2, 0) is 25.9 Å². The van der Waals surface area contributed by atoms with Crippen LogP contribution in [-0.4, -0.2) is 20.2 Å². The molecule has 100 valence electrons. The number of rotatable bonds is 2. The van der Waals surface area contributed by atoms with E-state index < -0.39 is 0 Å². The van der Waals surface area contributed by atoms with Crippen molar-refractivity contribution in [2.24, 2.45) is 0 Å². The topological polar surface area (TPSA) is 63.1 Å². The molecule has 1 N–H and O–H groups in total. The third-order valence-electron chi connectivity index (χ3n) is 1.44. The van der Waals surface area contributed by atoms with E-state index in [0.717, 1.165) is 10.7 Å². The van der Waals surface area contributed by atoms with E-state index >= 15 is 0 Å². The number of hydrogen-bond donors (Lipinski definition) is 1. The summed E-state index contributed by atoms with van der Waals surface area (Å²) in [7, 11) is 0. The van der Waals surface area contributed by atoms with Gasteiger partial charge in [0.15, 0.2) is 5.78 Å². The Kier molecular flexibility index (Phi) is 8.71. The van der Waals surface area contributed by atoms with Crippen LogP contribution in [0.3, 0.4) is 0 Å². The summed E-state index contributed by atoms with van der Waals surface area (Å²) in [5, 5.41) is 13.1. The quantitative estimate of drug-likeness (QED) is 0.423. The second-order valence-corrected chi connectivity index (χ2v) is 4.56. The minimum atomic E-state index is -0.125. The Balaban J connectivity index is 0.000000326. The molecule has 0 fully saturated rings. The number of aliphatic hydroxyl groups excluding tert-OH is 1. The molecule has 0 bridgehead atoms. The molecule has 2 aromatic rings. The van der Waals surface area contributed by atoms with Crippen molar-refractivity contribution in [1.82, 2.24) is 9.36 Å². The maximum absolute atomic E-state index is 10.0. The van der Waals surface area contributed by atoms with Gasteiger partial charge in [-0.1, -0.05) is 22.6 Å². The van der Waals surface area contributed by atoms with E-state index in [9.17, 15) is 4.79 Å². The van der Waals surface area contributed by atoms with Crippen molar-refractivity contribution in [2.45, 2.75) is 13.8 Å². The first-order valence-electron chi connectivity index (χ1n) is 4.69. The molecule has 0 aromatic carbocycles. The van der Waals surface area contributed by atoms with Gasteiger partial charge >= 0.3 is 0 Å². The molecule has 0 radical (unpaired) electrons. The molecule has 0 amide bonds. The predicted molar refractivity (Wildman–Crippen MR) is 69.1 cm³/mol. The molecule has 0 spiro atoms. The van der Waals surface area contributed by atoms with Gasteiger partial charge in [-0.3, -0.25) is 4.79 Å². The number of allylic oxidation sites excluding steroid dienone is 2. The summed E-state index contributed by atoms with van der Waals surface area (Å²) in [6.07, 6.45) is 2.94. The second-order valence-electron chi connectivity index (χ2n) is 3.04. The fourth-order valence-corrected chi connectivity index (χ4v) is 2.03. The summed E-state index contributed by atoms with van der Waals surface area (Å²) < 4.78 is 4.09. The maximum Gasteiger partial charge on any atom is 0.155 e. The molecule has 0 unspecified atom stereocenters. The van der Waals surface area contributed by atoms with Crippen molar-refractivity contribution in [3.63, 3.8) is 0 Å². The van der Waals surface area contributed by atoms with E-state index in [0.29, 0.717) is 0 Å². The first-order chi connectivity index (χ1) is 8.09. The number of nitrogens with zero attached hydrogens (tertiary/aromatic N) is 2. The molecule has 0 saturated carbocycles. The van der Waals surface area contributed by atoms with Gasteiger partial charge in [0, 0.05) is 33.3 Å². The molecule has 4 nitrogen and oxygen atoms in total. The Bertz CT molecular complexity index is 445. The Morgan fingerprint density at radius 1 is 1.50 bits per heavy atom. The standard InChI is InChI=1S/C6H3N2S2.C5H8O2.Pt/c1-3-10-8-5(1)6-7-2-4-9-6;1-4(6)3-5(2)7;/h2-4H;3,6H,1-2H3;/q-1;;/b;4-3-;. The molecule has 2 aromatic heterocycles. The minimum Gasteiger partial charge on any atom is -0.512 e. The van der Waals surface area contributed by atoms with Crippen LogP contribution in [0.25, 0.3) is 10.7 Å². The van der Waals surface area contributed by atoms with Gasteiger partial charge in [-0.15, -0.1) is 0 Å². The van der Waals surface area contributed by atoms with Gasteiger partial charge in [0.1, 0.15) is 0 Å². The van der Waals surface area contributed by atoms with Crippen molar-refractivity contribution < 1.29 is 31.0 Å². The second kappa shape index (κ2) is 9.14. The molecular weight excluding hydrogens is 451 g/mol. The summed E-state index contributed by atoms with van der Waals surface area (Å²) in [6.45, 7) is 2.85. The molecule has 2 rings (SSSR count).